The van der Waals surface area contributed by atoms with Gasteiger partial charge in [-0.15, -0.1) is 0 Å². The zero-order valence-corrected chi connectivity index (χ0v) is 19.4. The van der Waals surface area contributed by atoms with Gasteiger partial charge in [-0.05, 0) is 38.0 Å². The number of carboxylic acid groups (broad SMARTS) is 1. The summed E-state index contributed by atoms with van der Waals surface area (Å²) >= 11 is 0. The number of carbonyl (C=O) groups is 2. The van der Waals surface area contributed by atoms with E-state index >= 15 is 0 Å². The van der Waals surface area contributed by atoms with Crippen LogP contribution in [-0.2, 0) is 14.3 Å². The van der Waals surface area contributed by atoms with Crippen LogP contribution in [0.1, 0.15) is 90.9 Å². The number of hydrogen-bond acceptors (Lipinski definition) is 4. The van der Waals surface area contributed by atoms with Crippen LogP contribution in [0.5, 0.6) is 0 Å². The van der Waals surface area contributed by atoms with Gasteiger partial charge in [0.2, 0.25) is 0 Å². The zero-order chi connectivity index (χ0) is 22.9. The van der Waals surface area contributed by atoms with Gasteiger partial charge in [0.15, 0.2) is 0 Å². The molecule has 0 fully saturated rings. The molecule has 0 aliphatic heterocycles. The molecule has 1 aliphatic rings. The van der Waals surface area contributed by atoms with Crippen molar-refractivity contribution in [2.45, 2.75) is 103 Å². The highest BCUT2D eigenvalue weighted by molar-refractivity contribution is 5.67. The Morgan fingerprint density at radius 1 is 1.03 bits per heavy atom. The van der Waals surface area contributed by atoms with Crippen LogP contribution in [0.2, 0.25) is 0 Å². The molecule has 0 aromatic carbocycles. The second-order valence-corrected chi connectivity index (χ2v) is 8.60. The first-order valence-electron chi connectivity index (χ1n) is 12.0. The molecule has 31 heavy (non-hydrogen) atoms. The van der Waals surface area contributed by atoms with E-state index in [9.17, 15) is 14.7 Å². The normalized spacial score (nSPS) is 20.9. The summed E-state index contributed by atoms with van der Waals surface area (Å²) in [6, 6.07) is 0. The Bertz CT molecular complexity index is 593. The molecular weight excluding hydrogens is 392 g/mol. The lowest BCUT2D eigenvalue weighted by Crippen LogP contribution is -2.32. The minimum atomic E-state index is -0.828. The maximum absolute atomic E-state index is 11.6. The second-order valence-electron chi connectivity index (χ2n) is 8.60. The molecule has 0 saturated heterocycles. The van der Waals surface area contributed by atoms with E-state index in [-0.39, 0.29) is 30.3 Å². The number of aliphatic carboxylic acids is 1. The Balaban J connectivity index is 2.53. The molecule has 1 rings (SSSR count). The Hall–Kier alpha value is -1.88. The van der Waals surface area contributed by atoms with Crippen LogP contribution >= 0.6 is 0 Å². The molecule has 0 spiro atoms. The fraction of sp³-hybridized carbons (Fsp3) is 0.692. The number of aliphatic hydroxyl groups excluding tert-OH is 1. The summed E-state index contributed by atoms with van der Waals surface area (Å²) in [6.07, 6.45) is 22.3. The highest BCUT2D eigenvalue weighted by Crippen LogP contribution is 2.33. The predicted molar refractivity (Wildman–Crippen MR) is 125 cm³/mol. The fourth-order valence-corrected chi connectivity index (χ4v) is 4.16. The molecule has 0 aromatic rings. The van der Waals surface area contributed by atoms with Crippen LogP contribution in [0.3, 0.4) is 0 Å². The van der Waals surface area contributed by atoms with Crippen molar-refractivity contribution < 1.29 is 24.5 Å². The number of rotatable bonds is 16. The van der Waals surface area contributed by atoms with Crippen molar-refractivity contribution >= 4 is 11.9 Å². The molecule has 4 atom stereocenters. The van der Waals surface area contributed by atoms with Crippen molar-refractivity contribution in [3.8, 4) is 0 Å². The van der Waals surface area contributed by atoms with Crippen LogP contribution in [0, 0.1) is 11.8 Å². The molecule has 5 nitrogen and oxygen atoms in total. The average molecular weight is 435 g/mol. The number of carboxylic acids is 1. The van der Waals surface area contributed by atoms with Gasteiger partial charge in [-0.2, -0.15) is 0 Å². The standard InChI is InChI=1S/C26H42O5/c1-3-4-5-6-7-8-16-23(28)17-11-9-14-22-15-10-12-18-24(22)25(31-21(2)27)19-13-20-26(29)30/h9-12,14,17,22-25,28H,3-8,13,15-16,18-20H2,1-2H3,(H,29,30)/b14-9+,17-11+/t22-,23?,24-,25?/m0/s1. The third-order valence-electron chi connectivity index (χ3n) is 5.86. The van der Waals surface area contributed by atoms with Gasteiger partial charge < -0.3 is 14.9 Å². The largest absolute Gasteiger partial charge is 0.481 e. The molecule has 0 saturated carbocycles. The SMILES string of the molecule is CCCCCCCCC(O)/C=C/C=C/[C@H]1CC=CC[C@@H]1C(CCCC(=O)O)OC(C)=O. The second kappa shape index (κ2) is 16.8. The molecule has 2 unspecified atom stereocenters. The van der Waals surface area contributed by atoms with E-state index in [0.29, 0.717) is 12.8 Å². The molecule has 0 bridgehead atoms. The van der Waals surface area contributed by atoms with Gasteiger partial charge in [-0.25, -0.2) is 0 Å². The average Bonchev–Trinajstić information content (AvgIpc) is 2.73. The monoisotopic (exact) mass is 434 g/mol. The molecule has 2 N–H and O–H groups in total. The Morgan fingerprint density at radius 2 is 1.74 bits per heavy atom. The van der Waals surface area contributed by atoms with Crippen molar-refractivity contribution in [3.63, 3.8) is 0 Å². The number of ether oxygens (including phenoxy) is 1. The number of aliphatic hydroxyl groups is 1. The molecule has 176 valence electrons. The number of carbonyl (C=O) groups excluding carboxylic acids is 1. The van der Waals surface area contributed by atoms with Gasteiger partial charge in [0.25, 0.3) is 0 Å². The number of unbranched alkanes of at least 4 members (excludes halogenated alkanes) is 5. The van der Waals surface area contributed by atoms with E-state index in [4.69, 9.17) is 9.84 Å². The van der Waals surface area contributed by atoms with E-state index in [1.807, 2.05) is 18.2 Å². The molecule has 0 amide bonds. The first-order chi connectivity index (χ1) is 14.9. The van der Waals surface area contributed by atoms with E-state index in [1.54, 1.807) is 0 Å². The molecule has 0 aromatic heterocycles. The molecular formula is C26H42O5. The fourth-order valence-electron chi connectivity index (χ4n) is 4.16. The minimum absolute atomic E-state index is 0.0834. The van der Waals surface area contributed by atoms with Gasteiger partial charge in [0.05, 0.1) is 6.10 Å². The number of esters is 1. The molecule has 1 aliphatic carbocycles. The van der Waals surface area contributed by atoms with Gasteiger partial charge in [0.1, 0.15) is 6.10 Å². The van der Waals surface area contributed by atoms with Gasteiger partial charge in [0, 0.05) is 19.3 Å². The minimum Gasteiger partial charge on any atom is -0.481 e. The maximum Gasteiger partial charge on any atom is 0.303 e. The van der Waals surface area contributed by atoms with Gasteiger partial charge in [-0.1, -0.05) is 81.9 Å². The van der Waals surface area contributed by atoms with Crippen LogP contribution in [0.15, 0.2) is 36.5 Å². The number of hydrogen-bond donors (Lipinski definition) is 2. The van der Waals surface area contributed by atoms with Crippen molar-refractivity contribution in [2.75, 3.05) is 0 Å². The third kappa shape index (κ3) is 13.2. The first kappa shape index (κ1) is 27.2. The van der Waals surface area contributed by atoms with Crippen molar-refractivity contribution in [1.29, 1.82) is 0 Å². The van der Waals surface area contributed by atoms with Gasteiger partial charge >= 0.3 is 11.9 Å². The van der Waals surface area contributed by atoms with E-state index in [2.05, 4.69) is 25.2 Å². The molecule has 5 heteroatoms. The Kier molecular flexibility index (Phi) is 14.7. The highest BCUT2D eigenvalue weighted by Gasteiger charge is 2.30. The first-order valence-corrected chi connectivity index (χ1v) is 12.0. The summed E-state index contributed by atoms with van der Waals surface area (Å²) in [5.74, 6) is -0.790. The van der Waals surface area contributed by atoms with E-state index in [0.717, 1.165) is 25.7 Å². The summed E-state index contributed by atoms with van der Waals surface area (Å²) in [5, 5.41) is 19.0. The van der Waals surface area contributed by atoms with Crippen molar-refractivity contribution in [2.24, 2.45) is 11.8 Å². The summed E-state index contributed by atoms with van der Waals surface area (Å²) < 4.78 is 5.57. The Morgan fingerprint density at radius 3 is 2.45 bits per heavy atom. The van der Waals surface area contributed by atoms with Crippen LogP contribution in [0.25, 0.3) is 0 Å². The highest BCUT2D eigenvalue weighted by atomic mass is 16.5. The lowest BCUT2D eigenvalue weighted by atomic mass is 9.78. The smallest absolute Gasteiger partial charge is 0.303 e. The van der Waals surface area contributed by atoms with Crippen LogP contribution < -0.4 is 0 Å². The summed E-state index contributed by atoms with van der Waals surface area (Å²) in [5.41, 5.74) is 0. The third-order valence-corrected chi connectivity index (χ3v) is 5.86. The summed E-state index contributed by atoms with van der Waals surface area (Å²) in [7, 11) is 0. The van der Waals surface area contributed by atoms with Crippen LogP contribution in [-0.4, -0.2) is 34.4 Å². The molecule has 0 heterocycles. The van der Waals surface area contributed by atoms with Gasteiger partial charge in [-0.3, -0.25) is 9.59 Å². The van der Waals surface area contributed by atoms with Crippen molar-refractivity contribution in [3.05, 3.63) is 36.5 Å². The Labute approximate surface area is 188 Å². The van der Waals surface area contributed by atoms with Crippen molar-refractivity contribution in [1.82, 2.24) is 0 Å². The maximum atomic E-state index is 11.6. The topological polar surface area (TPSA) is 83.8 Å². The zero-order valence-electron chi connectivity index (χ0n) is 19.4. The number of allylic oxidation sites excluding steroid dienone is 5. The lowest BCUT2D eigenvalue weighted by Gasteiger charge is -2.33. The van der Waals surface area contributed by atoms with E-state index in [1.165, 1.54) is 39.0 Å². The quantitative estimate of drug-likeness (QED) is 0.135. The molecule has 0 radical (unpaired) electrons. The predicted octanol–water partition coefficient (Wildman–Crippen LogP) is 5.98. The summed E-state index contributed by atoms with van der Waals surface area (Å²) in [4.78, 5) is 22.4. The lowest BCUT2D eigenvalue weighted by molar-refractivity contribution is -0.150. The van der Waals surface area contributed by atoms with E-state index < -0.39 is 12.1 Å². The van der Waals surface area contributed by atoms with Crippen LogP contribution in [0.4, 0.5) is 0 Å². The summed E-state index contributed by atoms with van der Waals surface area (Å²) in [6.45, 7) is 3.62.